The Morgan fingerprint density at radius 3 is 2.44 bits per heavy atom. The van der Waals surface area contributed by atoms with E-state index in [4.69, 9.17) is 10.5 Å². The number of carboxylic acid groups (broad SMARTS) is 1. The largest absolute Gasteiger partial charge is 0.465 e. The number of nitrogens with zero attached hydrogens (tertiary/aromatic N) is 2. The van der Waals surface area contributed by atoms with Crippen molar-refractivity contribution in [1.82, 2.24) is 10.3 Å². The Labute approximate surface area is 202 Å². The predicted octanol–water partition coefficient (Wildman–Crippen LogP) is 3.98. The fraction of sp³-hybridized carbons (Fsp3) is 0.167. The molecule has 3 amide bonds. The van der Waals surface area contributed by atoms with Crippen LogP contribution in [0.3, 0.4) is 0 Å². The van der Waals surface area contributed by atoms with Gasteiger partial charge in [0.25, 0.3) is 5.91 Å². The van der Waals surface area contributed by atoms with Gasteiger partial charge in [-0.2, -0.15) is 13.2 Å². The van der Waals surface area contributed by atoms with Crippen LogP contribution >= 0.6 is 0 Å². The van der Waals surface area contributed by atoms with Crippen LogP contribution in [0, 0.1) is 0 Å². The van der Waals surface area contributed by atoms with Crippen LogP contribution in [0.15, 0.2) is 54.7 Å². The van der Waals surface area contributed by atoms with Gasteiger partial charge in [0.05, 0.1) is 11.3 Å². The smallest absolute Gasteiger partial charge is 0.416 e. The van der Waals surface area contributed by atoms with Crippen molar-refractivity contribution in [3.8, 4) is 11.5 Å². The maximum Gasteiger partial charge on any atom is 0.416 e. The molecule has 3 aromatic rings. The molecule has 0 radical (unpaired) electrons. The molecule has 12 heteroatoms. The molecule has 4 rings (SSSR count). The number of benzene rings is 2. The highest BCUT2D eigenvalue weighted by Gasteiger charge is 2.41. The standard InChI is InChI=1S/C24H19F3N4O5/c1-29-22(33)19-10-14(6-7-30-19)36-13-3-5-20-16(9-13)17(11-31(20)23(34)35)15-4-2-12(21(28)32)8-18(15)24(25,26)27/h2-10,17H,11H2,1H3,(H2,28,32)(H,29,33)(H,34,35). The quantitative estimate of drug-likeness (QED) is 0.485. The van der Waals surface area contributed by atoms with E-state index in [-0.39, 0.29) is 46.1 Å². The zero-order valence-electron chi connectivity index (χ0n) is 18.7. The van der Waals surface area contributed by atoms with E-state index < -0.39 is 35.6 Å². The SMILES string of the molecule is CNC(=O)c1cc(Oc2ccc3c(c2)C(c2ccc(C(N)=O)cc2C(F)(F)F)CN3C(=O)O)ccn1. The maximum absolute atomic E-state index is 13.9. The van der Waals surface area contributed by atoms with Gasteiger partial charge in [-0.15, -0.1) is 0 Å². The summed E-state index contributed by atoms with van der Waals surface area (Å²) in [5.41, 5.74) is 4.13. The topological polar surface area (TPSA) is 135 Å². The minimum atomic E-state index is -4.82. The van der Waals surface area contributed by atoms with Gasteiger partial charge in [-0.05, 0) is 47.5 Å². The fourth-order valence-electron chi connectivity index (χ4n) is 4.07. The molecule has 0 saturated heterocycles. The number of amides is 3. The van der Waals surface area contributed by atoms with E-state index in [1.807, 2.05) is 0 Å². The molecule has 4 N–H and O–H groups in total. The highest BCUT2D eigenvalue weighted by molar-refractivity contribution is 5.94. The highest BCUT2D eigenvalue weighted by Crippen LogP contribution is 2.46. The van der Waals surface area contributed by atoms with Gasteiger partial charge in [0.2, 0.25) is 5.91 Å². The number of anilines is 1. The number of carbonyl (C=O) groups excluding carboxylic acids is 2. The summed E-state index contributed by atoms with van der Waals surface area (Å²) < 4.78 is 47.6. The summed E-state index contributed by atoms with van der Waals surface area (Å²) in [6.07, 6.45) is -4.80. The summed E-state index contributed by atoms with van der Waals surface area (Å²) in [6.45, 7) is -0.275. The third-order valence-corrected chi connectivity index (χ3v) is 5.71. The molecule has 0 spiro atoms. The number of rotatable bonds is 5. The number of hydrogen-bond acceptors (Lipinski definition) is 5. The number of hydrogen-bond donors (Lipinski definition) is 3. The first kappa shape index (κ1) is 24.5. The molecule has 0 aliphatic carbocycles. The zero-order valence-corrected chi connectivity index (χ0v) is 18.7. The van der Waals surface area contributed by atoms with Crippen LogP contribution in [0.25, 0.3) is 0 Å². The Morgan fingerprint density at radius 2 is 1.81 bits per heavy atom. The summed E-state index contributed by atoms with van der Waals surface area (Å²) in [5.74, 6) is -2.00. The van der Waals surface area contributed by atoms with Crippen LogP contribution in [0.2, 0.25) is 0 Å². The molecule has 2 aromatic carbocycles. The minimum Gasteiger partial charge on any atom is -0.465 e. The minimum absolute atomic E-state index is 0.0930. The molecule has 2 heterocycles. The van der Waals surface area contributed by atoms with E-state index in [2.05, 4.69) is 10.3 Å². The van der Waals surface area contributed by atoms with Crippen LogP contribution in [-0.4, -0.2) is 41.6 Å². The van der Waals surface area contributed by atoms with Crippen LogP contribution < -0.4 is 20.7 Å². The summed E-state index contributed by atoms with van der Waals surface area (Å²) >= 11 is 0. The lowest BCUT2D eigenvalue weighted by Crippen LogP contribution is -2.28. The molecule has 36 heavy (non-hydrogen) atoms. The van der Waals surface area contributed by atoms with E-state index in [1.54, 1.807) is 0 Å². The Hall–Kier alpha value is -4.61. The van der Waals surface area contributed by atoms with E-state index >= 15 is 0 Å². The fourth-order valence-corrected chi connectivity index (χ4v) is 4.07. The van der Waals surface area contributed by atoms with Gasteiger partial charge in [0, 0.05) is 37.3 Å². The van der Waals surface area contributed by atoms with Gasteiger partial charge in [-0.25, -0.2) is 4.79 Å². The van der Waals surface area contributed by atoms with Gasteiger partial charge in [0.15, 0.2) is 0 Å². The first-order valence-corrected chi connectivity index (χ1v) is 10.5. The van der Waals surface area contributed by atoms with E-state index in [1.165, 1.54) is 49.6 Å². The average Bonchev–Trinajstić information content (AvgIpc) is 3.21. The highest BCUT2D eigenvalue weighted by atomic mass is 19.4. The van der Waals surface area contributed by atoms with Crippen molar-refractivity contribution in [3.05, 3.63) is 82.7 Å². The number of nitrogens with two attached hydrogens (primary N) is 1. The first-order chi connectivity index (χ1) is 17.0. The maximum atomic E-state index is 13.9. The van der Waals surface area contributed by atoms with Crippen LogP contribution in [0.1, 0.15) is 43.5 Å². The van der Waals surface area contributed by atoms with Gasteiger partial charge in [0.1, 0.15) is 17.2 Å². The van der Waals surface area contributed by atoms with E-state index in [0.29, 0.717) is 6.07 Å². The molecule has 1 aromatic heterocycles. The van der Waals surface area contributed by atoms with Crippen molar-refractivity contribution >= 4 is 23.6 Å². The third-order valence-electron chi connectivity index (χ3n) is 5.71. The number of ether oxygens (including phenoxy) is 1. The molecule has 0 fully saturated rings. The van der Waals surface area contributed by atoms with Gasteiger partial charge in [-0.1, -0.05) is 6.07 Å². The number of nitrogens with one attached hydrogen (secondary N) is 1. The third kappa shape index (κ3) is 4.65. The second kappa shape index (κ2) is 9.21. The van der Waals surface area contributed by atoms with Crippen LogP contribution in [0.5, 0.6) is 11.5 Å². The van der Waals surface area contributed by atoms with Gasteiger partial charge >= 0.3 is 12.3 Å². The zero-order chi connectivity index (χ0) is 26.2. The molecule has 0 bridgehead atoms. The number of pyridine rings is 1. The van der Waals surface area contributed by atoms with Crippen molar-refractivity contribution in [2.75, 3.05) is 18.5 Å². The monoisotopic (exact) mass is 500 g/mol. The summed E-state index contributed by atoms with van der Waals surface area (Å²) in [5, 5.41) is 12.1. The van der Waals surface area contributed by atoms with Crippen molar-refractivity contribution in [3.63, 3.8) is 0 Å². The van der Waals surface area contributed by atoms with Crippen molar-refractivity contribution in [2.45, 2.75) is 12.1 Å². The Balaban J connectivity index is 1.78. The second-order valence-corrected chi connectivity index (χ2v) is 7.89. The van der Waals surface area contributed by atoms with Crippen molar-refractivity contribution in [1.29, 1.82) is 0 Å². The van der Waals surface area contributed by atoms with Gasteiger partial charge in [-0.3, -0.25) is 19.5 Å². The summed E-state index contributed by atoms with van der Waals surface area (Å²) in [6, 6.07) is 10.2. The lowest BCUT2D eigenvalue weighted by molar-refractivity contribution is -0.138. The summed E-state index contributed by atoms with van der Waals surface area (Å²) in [4.78, 5) is 40.0. The molecule has 9 nitrogen and oxygen atoms in total. The molecular formula is C24H19F3N4O5. The Morgan fingerprint density at radius 1 is 1.08 bits per heavy atom. The second-order valence-electron chi connectivity index (χ2n) is 7.89. The lowest BCUT2D eigenvalue weighted by Gasteiger charge is -2.19. The average molecular weight is 500 g/mol. The lowest BCUT2D eigenvalue weighted by atomic mass is 9.88. The normalized spacial score (nSPS) is 14.8. The number of alkyl halides is 3. The van der Waals surface area contributed by atoms with E-state index in [9.17, 15) is 32.7 Å². The molecule has 1 aliphatic rings. The molecule has 1 atom stereocenters. The van der Waals surface area contributed by atoms with Gasteiger partial charge < -0.3 is 20.9 Å². The van der Waals surface area contributed by atoms with Crippen molar-refractivity contribution in [2.24, 2.45) is 5.73 Å². The van der Waals surface area contributed by atoms with Crippen molar-refractivity contribution < 1.29 is 37.4 Å². The Bertz CT molecular complexity index is 1380. The number of primary amides is 1. The molecule has 186 valence electrons. The first-order valence-electron chi connectivity index (χ1n) is 10.5. The Kier molecular flexibility index (Phi) is 6.27. The molecular weight excluding hydrogens is 481 g/mol. The number of fused-ring (bicyclic) bond motifs is 1. The number of aromatic nitrogens is 1. The summed E-state index contributed by atoms with van der Waals surface area (Å²) in [7, 11) is 1.44. The van der Waals surface area contributed by atoms with Crippen LogP contribution in [0.4, 0.5) is 23.7 Å². The number of carbonyl (C=O) groups is 3. The molecule has 0 saturated carbocycles. The molecule has 1 unspecified atom stereocenters. The van der Waals surface area contributed by atoms with Crippen LogP contribution in [-0.2, 0) is 6.18 Å². The predicted molar refractivity (Wildman–Crippen MR) is 121 cm³/mol. The molecule has 1 aliphatic heterocycles. The van der Waals surface area contributed by atoms with E-state index in [0.717, 1.165) is 11.0 Å². The number of halogens is 3.